The van der Waals surface area contributed by atoms with Crippen molar-refractivity contribution in [3.63, 3.8) is 0 Å². The van der Waals surface area contributed by atoms with Crippen molar-refractivity contribution in [2.45, 2.75) is 6.54 Å². The number of nitrogens with zero attached hydrogens (tertiary/aromatic N) is 1. The van der Waals surface area contributed by atoms with Crippen molar-refractivity contribution in [3.05, 3.63) is 46.0 Å². The Balaban J connectivity index is 2.08. The Morgan fingerprint density at radius 3 is 2.40 bits per heavy atom. The van der Waals surface area contributed by atoms with Crippen molar-refractivity contribution in [1.82, 2.24) is 4.90 Å². The lowest BCUT2D eigenvalue weighted by molar-refractivity contribution is -0.125. The maximum Gasteiger partial charge on any atom is 0.267 e. The molecule has 0 aromatic heterocycles. The normalized spacial score (nSPS) is 16.4. The molecule has 0 fully saturated rings. The molecular formula is C11H9Cl2NO. The van der Waals surface area contributed by atoms with E-state index in [0.29, 0.717) is 18.1 Å². The number of halogens is 2. The van der Waals surface area contributed by atoms with Crippen molar-refractivity contribution >= 4 is 29.1 Å². The van der Waals surface area contributed by atoms with Gasteiger partial charge in [-0.3, -0.25) is 4.79 Å². The van der Waals surface area contributed by atoms with Crippen molar-refractivity contribution in [1.29, 1.82) is 0 Å². The fourth-order valence-corrected chi connectivity index (χ4v) is 1.90. The van der Waals surface area contributed by atoms with Gasteiger partial charge in [0.05, 0.1) is 11.6 Å². The van der Waals surface area contributed by atoms with Crippen LogP contribution in [0.1, 0.15) is 5.56 Å². The molecule has 0 radical (unpaired) electrons. The van der Waals surface area contributed by atoms with Gasteiger partial charge in [0.25, 0.3) is 5.91 Å². The summed E-state index contributed by atoms with van der Waals surface area (Å²) in [6, 6.07) is 9.74. The number of amides is 1. The summed E-state index contributed by atoms with van der Waals surface area (Å²) in [7, 11) is 0. The fourth-order valence-electron chi connectivity index (χ4n) is 1.50. The second-order valence-electron chi connectivity index (χ2n) is 3.37. The number of hydrogen-bond acceptors (Lipinski definition) is 1. The lowest BCUT2D eigenvalue weighted by atomic mass is 10.2. The summed E-state index contributed by atoms with van der Waals surface area (Å²) in [6.07, 6.45) is 0. The van der Waals surface area contributed by atoms with Crippen LogP contribution >= 0.6 is 23.2 Å². The standard InChI is InChI=1S/C11H9Cl2NO/c12-9-7-14(11(15)10(9)13)6-8-4-2-1-3-5-8/h1-5H,6-7H2. The zero-order valence-corrected chi connectivity index (χ0v) is 9.42. The molecule has 78 valence electrons. The van der Waals surface area contributed by atoms with Gasteiger partial charge < -0.3 is 4.90 Å². The van der Waals surface area contributed by atoms with E-state index >= 15 is 0 Å². The van der Waals surface area contributed by atoms with E-state index in [1.165, 1.54) is 0 Å². The van der Waals surface area contributed by atoms with Gasteiger partial charge in [-0.1, -0.05) is 53.5 Å². The highest BCUT2D eigenvalue weighted by molar-refractivity contribution is 6.49. The molecule has 0 saturated heterocycles. The molecule has 0 spiro atoms. The van der Waals surface area contributed by atoms with Crippen molar-refractivity contribution in [2.24, 2.45) is 0 Å². The largest absolute Gasteiger partial charge is 0.328 e. The molecule has 0 unspecified atom stereocenters. The lowest BCUT2D eigenvalue weighted by Crippen LogP contribution is -2.25. The minimum Gasteiger partial charge on any atom is -0.328 e. The molecule has 2 rings (SSSR count). The molecule has 15 heavy (non-hydrogen) atoms. The summed E-state index contributed by atoms with van der Waals surface area (Å²) in [5, 5.41) is 0.574. The van der Waals surface area contributed by atoms with Gasteiger partial charge in [0.15, 0.2) is 0 Å². The second kappa shape index (κ2) is 4.25. The molecule has 0 N–H and O–H groups in total. The smallest absolute Gasteiger partial charge is 0.267 e. The summed E-state index contributed by atoms with van der Waals surface area (Å²) in [6.45, 7) is 0.959. The topological polar surface area (TPSA) is 20.3 Å². The Labute approximate surface area is 98.1 Å². The molecule has 0 aliphatic carbocycles. The predicted octanol–water partition coefficient (Wildman–Crippen LogP) is 2.72. The third kappa shape index (κ3) is 2.16. The van der Waals surface area contributed by atoms with Gasteiger partial charge in [-0.15, -0.1) is 0 Å². The van der Waals surface area contributed by atoms with Crippen LogP contribution in [0.5, 0.6) is 0 Å². The Hall–Kier alpha value is -0.990. The van der Waals surface area contributed by atoms with E-state index in [0.717, 1.165) is 5.56 Å². The Kier molecular flexibility index (Phi) is 2.98. The molecule has 1 aromatic rings. The molecule has 0 bridgehead atoms. The fraction of sp³-hybridized carbons (Fsp3) is 0.182. The molecule has 1 aliphatic heterocycles. The van der Waals surface area contributed by atoms with E-state index < -0.39 is 0 Å². The monoisotopic (exact) mass is 241 g/mol. The SMILES string of the molecule is O=C1C(Cl)=C(Cl)CN1Cc1ccccc1. The first-order chi connectivity index (χ1) is 7.18. The van der Waals surface area contributed by atoms with Gasteiger partial charge >= 0.3 is 0 Å². The zero-order chi connectivity index (χ0) is 10.8. The van der Waals surface area contributed by atoms with E-state index in [4.69, 9.17) is 23.2 Å². The minimum atomic E-state index is -0.189. The molecule has 1 amide bonds. The highest BCUT2D eigenvalue weighted by atomic mass is 35.5. The first kappa shape index (κ1) is 10.5. The summed E-state index contributed by atoms with van der Waals surface area (Å²) >= 11 is 11.5. The number of carbonyl (C=O) groups is 1. The van der Waals surface area contributed by atoms with Crippen LogP contribution in [0.4, 0.5) is 0 Å². The van der Waals surface area contributed by atoms with E-state index in [2.05, 4.69) is 0 Å². The van der Waals surface area contributed by atoms with Gasteiger partial charge in [-0.2, -0.15) is 0 Å². The van der Waals surface area contributed by atoms with Gasteiger partial charge in [-0.25, -0.2) is 0 Å². The number of hydrogen-bond donors (Lipinski definition) is 0. The van der Waals surface area contributed by atoms with Crippen LogP contribution in [-0.4, -0.2) is 17.4 Å². The van der Waals surface area contributed by atoms with Crippen LogP contribution in [0.25, 0.3) is 0 Å². The van der Waals surface area contributed by atoms with Crippen LogP contribution in [-0.2, 0) is 11.3 Å². The van der Waals surface area contributed by atoms with Crippen LogP contribution < -0.4 is 0 Å². The summed E-state index contributed by atoms with van der Waals surface area (Å²) in [5.41, 5.74) is 1.07. The highest BCUT2D eigenvalue weighted by Gasteiger charge is 2.27. The number of benzene rings is 1. The van der Waals surface area contributed by atoms with Gasteiger partial charge in [0, 0.05) is 6.54 Å². The Bertz CT molecular complexity index is 414. The Morgan fingerprint density at radius 2 is 1.87 bits per heavy atom. The van der Waals surface area contributed by atoms with E-state index in [9.17, 15) is 4.79 Å². The highest BCUT2D eigenvalue weighted by Crippen LogP contribution is 2.26. The van der Waals surface area contributed by atoms with Crippen LogP contribution in [0.3, 0.4) is 0 Å². The quantitative estimate of drug-likeness (QED) is 0.780. The molecule has 1 aliphatic rings. The van der Waals surface area contributed by atoms with Crippen LogP contribution in [0.15, 0.2) is 40.4 Å². The zero-order valence-electron chi connectivity index (χ0n) is 7.91. The summed E-state index contributed by atoms with van der Waals surface area (Å²) in [5.74, 6) is -0.189. The molecule has 1 heterocycles. The average molecular weight is 242 g/mol. The average Bonchev–Trinajstić information content (AvgIpc) is 2.48. The van der Waals surface area contributed by atoms with E-state index in [1.54, 1.807) is 4.90 Å². The predicted molar refractivity (Wildman–Crippen MR) is 60.6 cm³/mol. The second-order valence-corrected chi connectivity index (χ2v) is 4.20. The third-order valence-corrected chi connectivity index (χ3v) is 3.05. The number of carbonyl (C=O) groups excluding carboxylic acids is 1. The molecule has 2 nitrogen and oxygen atoms in total. The van der Waals surface area contributed by atoms with Crippen molar-refractivity contribution < 1.29 is 4.79 Å². The van der Waals surface area contributed by atoms with Gasteiger partial charge in [0.2, 0.25) is 0 Å². The van der Waals surface area contributed by atoms with Crippen molar-refractivity contribution in [2.75, 3.05) is 6.54 Å². The first-order valence-corrected chi connectivity index (χ1v) is 5.31. The maximum atomic E-state index is 11.6. The molecule has 4 heteroatoms. The molecule has 0 atom stereocenters. The summed E-state index contributed by atoms with van der Waals surface area (Å²) < 4.78 is 0. The maximum absolute atomic E-state index is 11.6. The number of rotatable bonds is 2. The van der Waals surface area contributed by atoms with Crippen LogP contribution in [0, 0.1) is 0 Å². The Morgan fingerprint density at radius 1 is 1.20 bits per heavy atom. The lowest BCUT2D eigenvalue weighted by Gasteiger charge is -2.15. The van der Waals surface area contributed by atoms with E-state index in [1.807, 2.05) is 30.3 Å². The van der Waals surface area contributed by atoms with Crippen molar-refractivity contribution in [3.8, 4) is 0 Å². The third-order valence-electron chi connectivity index (χ3n) is 2.26. The minimum absolute atomic E-state index is 0.146. The molecular weight excluding hydrogens is 233 g/mol. The van der Waals surface area contributed by atoms with Gasteiger partial charge in [-0.05, 0) is 5.56 Å². The van der Waals surface area contributed by atoms with Gasteiger partial charge in [0.1, 0.15) is 5.03 Å². The molecule has 0 saturated carbocycles. The molecule has 1 aromatic carbocycles. The first-order valence-electron chi connectivity index (χ1n) is 4.56. The van der Waals surface area contributed by atoms with E-state index in [-0.39, 0.29) is 10.9 Å². The summed E-state index contributed by atoms with van der Waals surface area (Å²) in [4.78, 5) is 13.2. The van der Waals surface area contributed by atoms with Crippen LogP contribution in [0.2, 0.25) is 0 Å².